The molecule has 29 heavy (non-hydrogen) atoms. The molecule has 2 aromatic carbocycles. The first kappa shape index (κ1) is 21.2. The van der Waals surface area contributed by atoms with Crippen molar-refractivity contribution in [3.63, 3.8) is 0 Å². The minimum atomic E-state index is -0.303. The fourth-order valence-electron chi connectivity index (χ4n) is 3.02. The highest BCUT2D eigenvalue weighted by molar-refractivity contribution is 9.10. The standard InChI is InChI=1S/C22H20BrNO4S/c1-4-5-16-10-15(11-18(27-2)20(16)28-3)12-19-21(25)24(22(26)29-19)13-14-6-8-17(23)9-7-14/h4,6-12H,1,5,13H2,2-3H3/b19-12-. The number of benzene rings is 2. The molecule has 0 radical (unpaired) electrons. The minimum absolute atomic E-state index is 0.239. The lowest BCUT2D eigenvalue weighted by atomic mass is 10.0. The van der Waals surface area contributed by atoms with Crippen LogP contribution >= 0.6 is 27.7 Å². The lowest BCUT2D eigenvalue weighted by Gasteiger charge is -2.13. The summed E-state index contributed by atoms with van der Waals surface area (Å²) in [6.07, 6.45) is 4.07. The van der Waals surface area contributed by atoms with E-state index in [0.717, 1.165) is 32.9 Å². The lowest BCUT2D eigenvalue weighted by Crippen LogP contribution is -2.27. The maximum absolute atomic E-state index is 12.8. The Hall–Kier alpha value is -2.51. The Morgan fingerprint density at radius 3 is 2.48 bits per heavy atom. The zero-order chi connectivity index (χ0) is 21.0. The fraction of sp³-hybridized carbons (Fsp3) is 0.182. The van der Waals surface area contributed by atoms with E-state index < -0.39 is 0 Å². The molecule has 5 nitrogen and oxygen atoms in total. The Bertz CT molecular complexity index is 985. The Kier molecular flexibility index (Phi) is 6.82. The first-order valence-corrected chi connectivity index (χ1v) is 10.4. The molecule has 1 saturated heterocycles. The van der Waals surface area contributed by atoms with Gasteiger partial charge in [-0.1, -0.05) is 34.1 Å². The van der Waals surface area contributed by atoms with Gasteiger partial charge in [0.2, 0.25) is 0 Å². The average molecular weight is 474 g/mol. The zero-order valence-electron chi connectivity index (χ0n) is 16.1. The van der Waals surface area contributed by atoms with Gasteiger partial charge in [-0.15, -0.1) is 6.58 Å². The molecule has 150 valence electrons. The molecule has 0 atom stereocenters. The van der Waals surface area contributed by atoms with E-state index in [2.05, 4.69) is 22.5 Å². The zero-order valence-corrected chi connectivity index (χ0v) is 18.5. The summed E-state index contributed by atoms with van der Waals surface area (Å²) in [7, 11) is 3.14. The Morgan fingerprint density at radius 2 is 1.86 bits per heavy atom. The molecule has 0 saturated carbocycles. The number of methoxy groups -OCH3 is 2. The van der Waals surface area contributed by atoms with Gasteiger partial charge in [0, 0.05) is 10.0 Å². The van der Waals surface area contributed by atoms with Gasteiger partial charge in [-0.05, 0) is 59.7 Å². The summed E-state index contributed by atoms with van der Waals surface area (Å²) in [5.74, 6) is 0.892. The summed E-state index contributed by atoms with van der Waals surface area (Å²) in [4.78, 5) is 26.9. The second kappa shape index (κ2) is 9.33. The van der Waals surface area contributed by atoms with Gasteiger partial charge in [-0.25, -0.2) is 0 Å². The summed E-state index contributed by atoms with van der Waals surface area (Å²) in [5.41, 5.74) is 2.53. The van der Waals surface area contributed by atoms with Crippen molar-refractivity contribution >= 4 is 44.9 Å². The van der Waals surface area contributed by atoms with E-state index >= 15 is 0 Å². The summed E-state index contributed by atoms with van der Waals surface area (Å²) in [5, 5.41) is -0.282. The van der Waals surface area contributed by atoms with Crippen molar-refractivity contribution in [1.82, 2.24) is 4.90 Å². The first-order chi connectivity index (χ1) is 14.0. The van der Waals surface area contributed by atoms with Crippen LogP contribution in [0.3, 0.4) is 0 Å². The number of carbonyl (C=O) groups is 2. The predicted octanol–water partition coefficient (Wildman–Crippen LogP) is 5.43. The van der Waals surface area contributed by atoms with Crippen LogP contribution in [-0.4, -0.2) is 30.3 Å². The maximum Gasteiger partial charge on any atom is 0.293 e. The smallest absolute Gasteiger partial charge is 0.293 e. The molecule has 2 amide bonds. The van der Waals surface area contributed by atoms with E-state index in [0.29, 0.717) is 22.8 Å². The third-order valence-corrected chi connectivity index (χ3v) is 5.80. The quantitative estimate of drug-likeness (QED) is 0.396. The molecule has 1 heterocycles. The van der Waals surface area contributed by atoms with Crippen LogP contribution in [0.5, 0.6) is 11.5 Å². The van der Waals surface area contributed by atoms with E-state index in [-0.39, 0.29) is 17.7 Å². The van der Waals surface area contributed by atoms with Gasteiger partial charge in [-0.2, -0.15) is 0 Å². The van der Waals surface area contributed by atoms with Crippen molar-refractivity contribution in [3.05, 3.63) is 75.1 Å². The molecule has 3 rings (SSSR count). The van der Waals surface area contributed by atoms with Crippen molar-refractivity contribution in [2.75, 3.05) is 14.2 Å². The van der Waals surface area contributed by atoms with Gasteiger partial charge < -0.3 is 9.47 Å². The van der Waals surface area contributed by atoms with Crippen molar-refractivity contribution < 1.29 is 19.1 Å². The van der Waals surface area contributed by atoms with Gasteiger partial charge in [0.15, 0.2) is 11.5 Å². The monoisotopic (exact) mass is 473 g/mol. The molecule has 1 aliphatic rings. The van der Waals surface area contributed by atoms with Crippen molar-refractivity contribution in [3.8, 4) is 11.5 Å². The molecule has 7 heteroatoms. The highest BCUT2D eigenvalue weighted by Crippen LogP contribution is 2.37. The number of thioether (sulfide) groups is 1. The summed E-state index contributed by atoms with van der Waals surface area (Å²) in [6, 6.07) is 11.2. The van der Waals surface area contributed by atoms with Gasteiger partial charge in [0.25, 0.3) is 11.1 Å². The van der Waals surface area contributed by atoms with Crippen molar-refractivity contribution in [2.24, 2.45) is 0 Å². The number of rotatable bonds is 7. The number of hydrogen-bond donors (Lipinski definition) is 0. The minimum Gasteiger partial charge on any atom is -0.493 e. The number of ether oxygens (including phenoxy) is 2. The number of hydrogen-bond acceptors (Lipinski definition) is 5. The molecule has 0 N–H and O–H groups in total. The molecule has 0 unspecified atom stereocenters. The molecule has 2 aromatic rings. The molecule has 0 aromatic heterocycles. The van der Waals surface area contributed by atoms with Crippen LogP contribution in [0.2, 0.25) is 0 Å². The molecule has 1 aliphatic heterocycles. The van der Waals surface area contributed by atoms with Crippen LogP contribution in [0.25, 0.3) is 6.08 Å². The van der Waals surface area contributed by atoms with E-state index in [1.54, 1.807) is 32.4 Å². The number of allylic oxidation sites excluding steroid dienone is 1. The molecule has 0 spiro atoms. The predicted molar refractivity (Wildman–Crippen MR) is 119 cm³/mol. The van der Waals surface area contributed by atoms with Crippen LogP contribution in [0.1, 0.15) is 16.7 Å². The average Bonchev–Trinajstić information content (AvgIpc) is 2.96. The highest BCUT2D eigenvalue weighted by atomic mass is 79.9. The molecule has 0 aliphatic carbocycles. The van der Waals surface area contributed by atoms with Crippen LogP contribution in [-0.2, 0) is 17.8 Å². The largest absolute Gasteiger partial charge is 0.493 e. The Morgan fingerprint density at radius 1 is 1.14 bits per heavy atom. The maximum atomic E-state index is 12.8. The van der Waals surface area contributed by atoms with E-state index in [9.17, 15) is 9.59 Å². The van der Waals surface area contributed by atoms with Crippen molar-refractivity contribution in [1.29, 1.82) is 0 Å². The van der Waals surface area contributed by atoms with Gasteiger partial charge in [0.1, 0.15) is 0 Å². The summed E-state index contributed by atoms with van der Waals surface area (Å²) < 4.78 is 11.8. The van der Waals surface area contributed by atoms with Crippen LogP contribution in [0.15, 0.2) is 58.4 Å². The van der Waals surface area contributed by atoms with E-state index in [1.807, 2.05) is 30.3 Å². The van der Waals surface area contributed by atoms with Crippen LogP contribution in [0, 0.1) is 0 Å². The fourth-order valence-corrected chi connectivity index (χ4v) is 4.12. The topological polar surface area (TPSA) is 55.8 Å². The van der Waals surface area contributed by atoms with Gasteiger partial charge >= 0.3 is 0 Å². The number of imide groups is 1. The van der Waals surface area contributed by atoms with Gasteiger partial charge in [-0.3, -0.25) is 14.5 Å². The van der Waals surface area contributed by atoms with Crippen LogP contribution < -0.4 is 9.47 Å². The number of amides is 2. The van der Waals surface area contributed by atoms with Crippen molar-refractivity contribution in [2.45, 2.75) is 13.0 Å². The molecular formula is C22H20BrNO4S. The summed E-state index contributed by atoms with van der Waals surface area (Å²) >= 11 is 4.32. The lowest BCUT2D eigenvalue weighted by molar-refractivity contribution is -0.123. The third-order valence-electron chi connectivity index (χ3n) is 4.37. The number of halogens is 1. The molecule has 1 fully saturated rings. The van der Waals surface area contributed by atoms with E-state index in [1.165, 1.54) is 4.90 Å². The second-order valence-corrected chi connectivity index (χ2v) is 8.21. The normalized spacial score (nSPS) is 15.1. The van der Waals surface area contributed by atoms with E-state index in [4.69, 9.17) is 9.47 Å². The van der Waals surface area contributed by atoms with Crippen LogP contribution in [0.4, 0.5) is 4.79 Å². The van der Waals surface area contributed by atoms with Gasteiger partial charge in [0.05, 0.1) is 25.7 Å². The first-order valence-electron chi connectivity index (χ1n) is 8.82. The Labute approximate surface area is 182 Å². The highest BCUT2D eigenvalue weighted by Gasteiger charge is 2.35. The number of carbonyl (C=O) groups excluding carboxylic acids is 2. The third kappa shape index (κ3) is 4.74. The molecule has 0 bridgehead atoms. The summed E-state index contributed by atoms with van der Waals surface area (Å²) in [6.45, 7) is 4.01. The number of nitrogens with zero attached hydrogens (tertiary/aromatic N) is 1. The molecular weight excluding hydrogens is 454 g/mol. The Balaban J connectivity index is 1.89. The second-order valence-electron chi connectivity index (χ2n) is 6.30. The SMILES string of the molecule is C=CCc1cc(/C=C2\SC(=O)N(Cc3ccc(Br)cc3)C2=O)cc(OC)c1OC.